The molecule has 1 aliphatic rings. The lowest BCUT2D eigenvalue weighted by Crippen LogP contribution is -1.99. The van der Waals surface area contributed by atoms with Crippen LogP contribution in [0.1, 0.15) is 31.2 Å². The summed E-state index contributed by atoms with van der Waals surface area (Å²) < 4.78 is 29.1. The summed E-state index contributed by atoms with van der Waals surface area (Å²) in [4.78, 5) is 0. The smallest absolute Gasteiger partial charge is 0.194 e. The van der Waals surface area contributed by atoms with E-state index in [0.717, 1.165) is 24.5 Å². The van der Waals surface area contributed by atoms with Gasteiger partial charge in [0.05, 0.1) is 11.9 Å². The Morgan fingerprint density at radius 2 is 1.88 bits per heavy atom. The standard InChI is InChI=1S/C19H16F2N2O/c20-16-10-14-11-22-23(18(14)17(21)19(16)24)15-8-6-13(7-9-15)12-4-2-1-3-5-12/h4,6-11,24H,1-3,5H2. The number of aromatic nitrogens is 2. The van der Waals surface area contributed by atoms with Gasteiger partial charge in [0.25, 0.3) is 0 Å². The maximum atomic E-state index is 14.2. The van der Waals surface area contributed by atoms with Crippen LogP contribution in [0, 0.1) is 11.6 Å². The highest BCUT2D eigenvalue weighted by Crippen LogP contribution is 2.31. The van der Waals surface area contributed by atoms with E-state index in [0.29, 0.717) is 11.1 Å². The lowest BCUT2D eigenvalue weighted by molar-refractivity contribution is 0.399. The molecule has 1 N–H and O–H groups in total. The first kappa shape index (κ1) is 14.9. The first-order valence-corrected chi connectivity index (χ1v) is 7.99. The lowest BCUT2D eigenvalue weighted by atomic mass is 9.94. The minimum Gasteiger partial charge on any atom is -0.503 e. The fraction of sp³-hybridized carbons (Fsp3) is 0.211. The molecular formula is C19H16F2N2O. The zero-order valence-corrected chi connectivity index (χ0v) is 13.0. The second-order valence-corrected chi connectivity index (χ2v) is 6.04. The van der Waals surface area contributed by atoms with E-state index >= 15 is 0 Å². The Bertz CT molecular complexity index is 942. The third kappa shape index (κ3) is 2.37. The van der Waals surface area contributed by atoms with Crippen molar-refractivity contribution in [3.63, 3.8) is 0 Å². The molecule has 0 atom stereocenters. The number of fused-ring (bicyclic) bond motifs is 1. The summed E-state index contributed by atoms with van der Waals surface area (Å²) >= 11 is 0. The average Bonchev–Trinajstić information content (AvgIpc) is 3.04. The van der Waals surface area contributed by atoms with E-state index in [4.69, 9.17) is 0 Å². The van der Waals surface area contributed by atoms with Crippen LogP contribution in [-0.4, -0.2) is 14.9 Å². The predicted octanol–water partition coefficient (Wildman–Crippen LogP) is 4.97. The summed E-state index contributed by atoms with van der Waals surface area (Å²) in [5.41, 5.74) is 3.22. The highest BCUT2D eigenvalue weighted by molar-refractivity contribution is 5.83. The van der Waals surface area contributed by atoms with Crippen LogP contribution in [0.15, 0.2) is 42.6 Å². The van der Waals surface area contributed by atoms with Gasteiger partial charge in [0.1, 0.15) is 5.52 Å². The molecule has 5 heteroatoms. The number of aromatic hydroxyl groups is 1. The highest BCUT2D eigenvalue weighted by Gasteiger charge is 2.18. The number of nitrogens with zero attached hydrogens (tertiary/aromatic N) is 2. The number of rotatable bonds is 2. The van der Waals surface area contributed by atoms with E-state index in [9.17, 15) is 13.9 Å². The molecule has 0 bridgehead atoms. The number of hydrogen-bond donors (Lipinski definition) is 1. The van der Waals surface area contributed by atoms with Gasteiger partial charge in [-0.25, -0.2) is 13.5 Å². The Hall–Kier alpha value is -2.69. The molecule has 1 aliphatic carbocycles. The minimum absolute atomic E-state index is 0.0681. The van der Waals surface area contributed by atoms with Crippen molar-refractivity contribution >= 4 is 16.5 Å². The van der Waals surface area contributed by atoms with Crippen LogP contribution in [0.4, 0.5) is 8.78 Å². The van der Waals surface area contributed by atoms with Crippen LogP contribution >= 0.6 is 0 Å². The Balaban J connectivity index is 1.78. The number of phenols is 1. The van der Waals surface area contributed by atoms with E-state index < -0.39 is 17.4 Å². The molecule has 1 heterocycles. The largest absolute Gasteiger partial charge is 0.503 e. The van der Waals surface area contributed by atoms with Crippen molar-refractivity contribution < 1.29 is 13.9 Å². The SMILES string of the molecule is Oc1c(F)cc2cnn(-c3ccc(C4=CCCCC4)cc3)c2c1F. The summed E-state index contributed by atoms with van der Waals surface area (Å²) in [5, 5.41) is 14.0. The van der Waals surface area contributed by atoms with E-state index in [2.05, 4.69) is 11.2 Å². The van der Waals surface area contributed by atoms with Gasteiger partial charge in [-0.05, 0) is 55.0 Å². The zero-order chi connectivity index (χ0) is 16.7. The molecule has 0 saturated carbocycles. The van der Waals surface area contributed by atoms with Crippen molar-refractivity contribution in [2.24, 2.45) is 0 Å². The number of halogens is 2. The van der Waals surface area contributed by atoms with Crippen LogP contribution in [0.3, 0.4) is 0 Å². The van der Waals surface area contributed by atoms with E-state index in [1.165, 1.54) is 29.3 Å². The first-order chi connectivity index (χ1) is 11.6. The molecule has 4 rings (SSSR count). The van der Waals surface area contributed by atoms with Gasteiger partial charge in [-0.15, -0.1) is 0 Å². The van der Waals surface area contributed by atoms with Crippen LogP contribution in [0.5, 0.6) is 5.75 Å². The van der Waals surface area contributed by atoms with Gasteiger partial charge >= 0.3 is 0 Å². The Morgan fingerprint density at radius 3 is 2.58 bits per heavy atom. The van der Waals surface area contributed by atoms with Gasteiger partial charge < -0.3 is 5.11 Å². The van der Waals surface area contributed by atoms with Gasteiger partial charge in [-0.1, -0.05) is 18.2 Å². The van der Waals surface area contributed by atoms with Crippen molar-refractivity contribution in [2.45, 2.75) is 25.7 Å². The molecule has 0 aliphatic heterocycles. The molecule has 3 aromatic rings. The van der Waals surface area contributed by atoms with E-state index in [1.807, 2.05) is 24.3 Å². The highest BCUT2D eigenvalue weighted by atomic mass is 19.1. The van der Waals surface area contributed by atoms with Crippen molar-refractivity contribution in [3.8, 4) is 11.4 Å². The lowest BCUT2D eigenvalue weighted by Gasteiger charge is -2.13. The molecule has 0 fully saturated rings. The maximum absolute atomic E-state index is 14.2. The van der Waals surface area contributed by atoms with Crippen LogP contribution in [-0.2, 0) is 0 Å². The number of benzene rings is 2. The molecular weight excluding hydrogens is 310 g/mol. The van der Waals surface area contributed by atoms with Crippen molar-refractivity contribution in [1.82, 2.24) is 9.78 Å². The quantitative estimate of drug-likeness (QED) is 0.722. The molecule has 0 spiro atoms. The fourth-order valence-electron chi connectivity index (χ4n) is 3.22. The topological polar surface area (TPSA) is 38.1 Å². The second kappa shape index (κ2) is 5.74. The zero-order valence-electron chi connectivity index (χ0n) is 13.0. The molecule has 0 radical (unpaired) electrons. The van der Waals surface area contributed by atoms with Gasteiger partial charge in [0, 0.05) is 5.39 Å². The maximum Gasteiger partial charge on any atom is 0.194 e. The average molecular weight is 326 g/mol. The Kier molecular flexibility index (Phi) is 3.56. The fourth-order valence-corrected chi connectivity index (χ4v) is 3.22. The molecule has 0 unspecified atom stereocenters. The van der Waals surface area contributed by atoms with Crippen LogP contribution in [0.2, 0.25) is 0 Å². The first-order valence-electron chi connectivity index (χ1n) is 7.99. The van der Waals surface area contributed by atoms with E-state index in [-0.39, 0.29) is 5.52 Å². The number of allylic oxidation sites excluding steroid dienone is 2. The normalized spacial score (nSPS) is 14.8. The number of phenolic OH excluding ortho intramolecular Hbond substituents is 1. The van der Waals surface area contributed by atoms with Crippen molar-refractivity contribution in [3.05, 3.63) is 59.8 Å². The molecule has 3 nitrogen and oxygen atoms in total. The molecule has 2 aromatic carbocycles. The summed E-state index contributed by atoms with van der Waals surface area (Å²) in [6.07, 6.45) is 8.27. The van der Waals surface area contributed by atoms with Gasteiger partial charge in [-0.2, -0.15) is 5.10 Å². The van der Waals surface area contributed by atoms with Gasteiger partial charge in [0.15, 0.2) is 17.4 Å². The molecule has 24 heavy (non-hydrogen) atoms. The molecule has 0 saturated heterocycles. The third-order valence-corrected chi connectivity index (χ3v) is 4.50. The summed E-state index contributed by atoms with van der Waals surface area (Å²) in [6.45, 7) is 0. The second-order valence-electron chi connectivity index (χ2n) is 6.04. The van der Waals surface area contributed by atoms with Gasteiger partial charge in [0.2, 0.25) is 0 Å². The molecule has 122 valence electrons. The Labute approximate surface area is 137 Å². The summed E-state index contributed by atoms with van der Waals surface area (Å²) in [7, 11) is 0. The predicted molar refractivity (Wildman–Crippen MR) is 89.1 cm³/mol. The summed E-state index contributed by atoms with van der Waals surface area (Å²) in [6, 6.07) is 8.77. The van der Waals surface area contributed by atoms with Crippen LogP contribution in [0.25, 0.3) is 22.2 Å². The monoisotopic (exact) mass is 326 g/mol. The number of hydrogen-bond acceptors (Lipinski definition) is 2. The molecule has 1 aromatic heterocycles. The summed E-state index contributed by atoms with van der Waals surface area (Å²) in [5.74, 6) is -2.96. The third-order valence-electron chi connectivity index (χ3n) is 4.50. The Morgan fingerprint density at radius 1 is 1.08 bits per heavy atom. The van der Waals surface area contributed by atoms with Gasteiger partial charge in [-0.3, -0.25) is 0 Å². The minimum atomic E-state index is -0.999. The van der Waals surface area contributed by atoms with E-state index in [1.54, 1.807) is 0 Å². The van der Waals surface area contributed by atoms with Crippen molar-refractivity contribution in [2.75, 3.05) is 0 Å². The van der Waals surface area contributed by atoms with Crippen LogP contribution < -0.4 is 0 Å². The van der Waals surface area contributed by atoms with Crippen molar-refractivity contribution in [1.29, 1.82) is 0 Å². The molecule has 0 amide bonds.